The highest BCUT2D eigenvalue weighted by atomic mass is 32.2. The Morgan fingerprint density at radius 3 is 2.95 bits per heavy atom. The Kier molecular flexibility index (Phi) is 5.11. The monoisotopic (exact) mass is 311 g/mol. The second-order valence-corrected chi connectivity index (χ2v) is 7.45. The van der Waals surface area contributed by atoms with Crippen molar-refractivity contribution in [3.05, 3.63) is 29.3 Å². The van der Waals surface area contributed by atoms with Crippen LogP contribution in [0.25, 0.3) is 0 Å². The maximum Gasteiger partial charge on any atom is 0.241 e. The van der Waals surface area contributed by atoms with Crippen LogP contribution in [0.4, 0.5) is 0 Å². The van der Waals surface area contributed by atoms with E-state index in [4.69, 9.17) is 5.11 Å². The summed E-state index contributed by atoms with van der Waals surface area (Å²) in [6, 6.07) is 5.06. The predicted octanol–water partition coefficient (Wildman–Crippen LogP) is 1.12. The Morgan fingerprint density at radius 2 is 2.30 bits per heavy atom. The van der Waals surface area contributed by atoms with Crippen LogP contribution in [-0.4, -0.2) is 37.7 Å². The molecule has 1 aromatic carbocycles. The van der Waals surface area contributed by atoms with Crippen LogP contribution >= 0.6 is 11.8 Å². The molecular formula is C14H17NO3S2. The van der Waals surface area contributed by atoms with Crippen LogP contribution in [0.2, 0.25) is 0 Å². The van der Waals surface area contributed by atoms with E-state index < -0.39 is 10.0 Å². The molecule has 1 atom stereocenters. The third-order valence-electron chi connectivity index (χ3n) is 3.04. The standard InChI is InChI=1S/C14H17NO3S2/c1-11-4-5-12(3-2-7-16)9-14(11)20(17,18)15-13-6-8-19-10-13/h4-5,9,13,15-16H,6-8,10H2,1H3. The highest BCUT2D eigenvalue weighted by Crippen LogP contribution is 2.21. The number of sulfonamides is 1. The van der Waals surface area contributed by atoms with Crippen LogP contribution in [0.3, 0.4) is 0 Å². The molecule has 1 fully saturated rings. The molecule has 2 N–H and O–H groups in total. The number of thioether (sulfide) groups is 1. The molecule has 1 aliphatic heterocycles. The van der Waals surface area contributed by atoms with Gasteiger partial charge in [0.2, 0.25) is 10.0 Å². The predicted molar refractivity (Wildman–Crippen MR) is 81.2 cm³/mol. The van der Waals surface area contributed by atoms with Crippen LogP contribution in [0.5, 0.6) is 0 Å². The van der Waals surface area contributed by atoms with Gasteiger partial charge in [0.15, 0.2) is 0 Å². The molecule has 0 radical (unpaired) electrons. The highest BCUT2D eigenvalue weighted by molar-refractivity contribution is 7.99. The molecule has 1 aromatic rings. The summed E-state index contributed by atoms with van der Waals surface area (Å²) in [6.07, 6.45) is 0.868. The lowest BCUT2D eigenvalue weighted by molar-refractivity contribution is 0.350. The average Bonchev–Trinajstić information content (AvgIpc) is 2.89. The topological polar surface area (TPSA) is 66.4 Å². The number of hydrogen-bond acceptors (Lipinski definition) is 4. The van der Waals surface area contributed by atoms with Crippen molar-refractivity contribution in [3.8, 4) is 11.8 Å². The van der Waals surface area contributed by atoms with Gasteiger partial charge in [-0.3, -0.25) is 0 Å². The Hall–Kier alpha value is -1.000. The lowest BCUT2D eigenvalue weighted by atomic mass is 10.1. The van der Waals surface area contributed by atoms with Crippen LogP contribution in [0.15, 0.2) is 23.1 Å². The molecule has 4 nitrogen and oxygen atoms in total. The van der Waals surface area contributed by atoms with Gasteiger partial charge >= 0.3 is 0 Å². The number of benzene rings is 1. The van der Waals surface area contributed by atoms with Gasteiger partial charge in [0.1, 0.15) is 6.61 Å². The molecule has 1 saturated heterocycles. The zero-order valence-electron chi connectivity index (χ0n) is 11.2. The third kappa shape index (κ3) is 3.76. The molecule has 0 aromatic heterocycles. The van der Waals surface area contributed by atoms with Gasteiger partial charge in [0.05, 0.1) is 4.90 Å². The Bertz CT molecular complexity index is 638. The summed E-state index contributed by atoms with van der Waals surface area (Å²) in [5, 5.41) is 8.69. The van der Waals surface area contributed by atoms with Crippen molar-refractivity contribution in [1.29, 1.82) is 0 Å². The first-order valence-electron chi connectivity index (χ1n) is 6.33. The van der Waals surface area contributed by atoms with Crippen molar-refractivity contribution in [1.82, 2.24) is 4.72 Å². The molecule has 2 rings (SSSR count). The van der Waals surface area contributed by atoms with Crippen LogP contribution in [0.1, 0.15) is 17.5 Å². The van der Waals surface area contributed by atoms with Crippen LogP contribution < -0.4 is 4.72 Å². The number of aryl methyl sites for hydroxylation is 1. The quantitative estimate of drug-likeness (QED) is 0.821. The molecule has 0 aliphatic carbocycles. The fourth-order valence-corrected chi connectivity index (χ4v) is 4.82. The van der Waals surface area contributed by atoms with E-state index >= 15 is 0 Å². The van der Waals surface area contributed by atoms with E-state index in [1.54, 1.807) is 36.9 Å². The molecule has 1 unspecified atom stereocenters. The second kappa shape index (κ2) is 6.64. The van der Waals surface area contributed by atoms with E-state index in [-0.39, 0.29) is 17.5 Å². The fourth-order valence-electron chi connectivity index (χ4n) is 2.02. The summed E-state index contributed by atoms with van der Waals surface area (Å²) in [4.78, 5) is 0.263. The summed E-state index contributed by atoms with van der Waals surface area (Å²) in [5.74, 6) is 7.07. The van der Waals surface area contributed by atoms with E-state index in [1.807, 2.05) is 0 Å². The second-order valence-electron chi connectivity index (χ2n) is 4.62. The smallest absolute Gasteiger partial charge is 0.241 e. The fraction of sp³-hybridized carbons (Fsp3) is 0.429. The van der Waals surface area contributed by atoms with Crippen molar-refractivity contribution in [2.45, 2.75) is 24.3 Å². The van der Waals surface area contributed by atoms with E-state index in [1.165, 1.54) is 0 Å². The van der Waals surface area contributed by atoms with Gasteiger partial charge in [-0.2, -0.15) is 11.8 Å². The number of nitrogens with one attached hydrogen (secondary N) is 1. The first kappa shape index (κ1) is 15.4. The average molecular weight is 311 g/mol. The molecular weight excluding hydrogens is 294 g/mol. The number of rotatable bonds is 3. The molecule has 108 valence electrons. The minimum absolute atomic E-state index is 0.0107. The van der Waals surface area contributed by atoms with Crippen LogP contribution in [0, 0.1) is 18.8 Å². The Balaban J connectivity index is 2.29. The largest absolute Gasteiger partial charge is 0.384 e. The van der Waals surface area contributed by atoms with Gasteiger partial charge in [-0.05, 0) is 36.8 Å². The van der Waals surface area contributed by atoms with Crippen molar-refractivity contribution < 1.29 is 13.5 Å². The highest BCUT2D eigenvalue weighted by Gasteiger charge is 2.24. The SMILES string of the molecule is Cc1ccc(C#CCO)cc1S(=O)(=O)NC1CCSC1. The van der Waals surface area contributed by atoms with Gasteiger partial charge in [-0.1, -0.05) is 17.9 Å². The number of aliphatic hydroxyl groups is 1. The summed E-state index contributed by atoms with van der Waals surface area (Å²) in [7, 11) is -3.52. The van der Waals surface area contributed by atoms with E-state index in [0.717, 1.165) is 17.9 Å². The Labute approximate surface area is 124 Å². The lowest BCUT2D eigenvalue weighted by Crippen LogP contribution is -2.35. The van der Waals surface area contributed by atoms with Crippen molar-refractivity contribution in [3.63, 3.8) is 0 Å². The minimum Gasteiger partial charge on any atom is -0.384 e. The molecule has 0 bridgehead atoms. The summed E-state index contributed by atoms with van der Waals surface area (Å²) >= 11 is 1.76. The first-order valence-corrected chi connectivity index (χ1v) is 8.97. The molecule has 6 heteroatoms. The van der Waals surface area contributed by atoms with Crippen molar-refractivity contribution in [2.75, 3.05) is 18.1 Å². The summed E-state index contributed by atoms with van der Waals surface area (Å²) < 4.78 is 27.6. The Morgan fingerprint density at radius 1 is 1.50 bits per heavy atom. The lowest BCUT2D eigenvalue weighted by Gasteiger charge is -2.14. The molecule has 0 saturated carbocycles. The van der Waals surface area contributed by atoms with Gasteiger partial charge < -0.3 is 5.11 Å². The number of hydrogen-bond donors (Lipinski definition) is 2. The third-order valence-corrected chi connectivity index (χ3v) is 5.87. The zero-order chi connectivity index (χ0) is 14.6. The van der Waals surface area contributed by atoms with E-state index in [9.17, 15) is 8.42 Å². The van der Waals surface area contributed by atoms with Crippen molar-refractivity contribution in [2.24, 2.45) is 0 Å². The first-order chi connectivity index (χ1) is 9.53. The summed E-state index contributed by atoms with van der Waals surface area (Å²) in [6.45, 7) is 1.52. The van der Waals surface area contributed by atoms with Gasteiger partial charge in [0.25, 0.3) is 0 Å². The molecule has 1 aliphatic rings. The maximum absolute atomic E-state index is 12.4. The van der Waals surface area contributed by atoms with Gasteiger partial charge in [0, 0.05) is 17.4 Å². The van der Waals surface area contributed by atoms with E-state index in [0.29, 0.717) is 11.1 Å². The molecule has 0 amide bonds. The number of aliphatic hydroxyl groups excluding tert-OH is 1. The summed E-state index contributed by atoms with van der Waals surface area (Å²) in [5.41, 5.74) is 1.28. The van der Waals surface area contributed by atoms with Gasteiger partial charge in [-0.25, -0.2) is 13.1 Å². The van der Waals surface area contributed by atoms with Gasteiger partial charge in [-0.15, -0.1) is 0 Å². The maximum atomic E-state index is 12.4. The van der Waals surface area contributed by atoms with E-state index in [2.05, 4.69) is 16.6 Å². The zero-order valence-corrected chi connectivity index (χ0v) is 12.9. The molecule has 20 heavy (non-hydrogen) atoms. The minimum atomic E-state index is -3.52. The molecule has 1 heterocycles. The molecule has 0 spiro atoms. The van der Waals surface area contributed by atoms with Crippen molar-refractivity contribution >= 4 is 21.8 Å². The van der Waals surface area contributed by atoms with Crippen LogP contribution in [-0.2, 0) is 10.0 Å². The normalized spacial score (nSPS) is 18.6.